The van der Waals surface area contributed by atoms with Gasteiger partial charge in [0.25, 0.3) is 0 Å². The molecule has 1 rings (SSSR count). The summed E-state index contributed by atoms with van der Waals surface area (Å²) in [4.78, 5) is 13.1. The molecule has 0 radical (unpaired) electrons. The minimum absolute atomic E-state index is 0.246. The fourth-order valence-corrected chi connectivity index (χ4v) is 2.45. The highest BCUT2D eigenvalue weighted by Gasteiger charge is 2.34. The van der Waals surface area contributed by atoms with Crippen LogP contribution in [-0.4, -0.2) is 39.6 Å². The van der Waals surface area contributed by atoms with Gasteiger partial charge < -0.3 is 9.64 Å². The maximum absolute atomic E-state index is 11.5. The van der Waals surface area contributed by atoms with Gasteiger partial charge in [-0.15, -0.1) is 0 Å². The molecule has 1 fully saturated rings. The van der Waals surface area contributed by atoms with E-state index in [-0.39, 0.29) is 12.0 Å². The molecule has 1 aliphatic rings. The van der Waals surface area contributed by atoms with Gasteiger partial charge in [0.1, 0.15) is 15.6 Å². The fourth-order valence-electron chi connectivity index (χ4n) is 1.34. The summed E-state index contributed by atoms with van der Waals surface area (Å²) in [6.45, 7) is 6.67. The monoisotopic (exact) mass is 253 g/mol. The Bertz CT molecular complexity index is 271. The number of hydrogen-bond acceptors (Lipinski definition) is 3. The predicted molar refractivity (Wildman–Crippen MR) is 60.2 cm³/mol. The summed E-state index contributed by atoms with van der Waals surface area (Å²) in [5.74, 6) is 0.691. The third kappa shape index (κ3) is 4.38. The molecule has 1 atom stereocenters. The molecule has 1 aliphatic heterocycles. The number of nitrogens with zero attached hydrogens (tertiary/aromatic N) is 1. The van der Waals surface area contributed by atoms with Crippen molar-refractivity contribution in [2.45, 2.75) is 26.4 Å². The first kappa shape index (κ1) is 12.8. The van der Waals surface area contributed by atoms with Crippen LogP contribution in [0.4, 0.5) is 4.79 Å². The van der Waals surface area contributed by atoms with Crippen LogP contribution in [0.3, 0.4) is 0 Å². The lowest BCUT2D eigenvalue weighted by Crippen LogP contribution is -2.53. The van der Waals surface area contributed by atoms with Crippen molar-refractivity contribution in [1.29, 1.82) is 0 Å². The molecule has 1 amide bonds. The molecule has 0 aliphatic carbocycles. The van der Waals surface area contributed by atoms with Crippen LogP contribution in [0, 0.1) is 5.92 Å². The molecule has 0 aromatic heterocycles. The molecule has 15 heavy (non-hydrogen) atoms. The third-order valence-electron chi connectivity index (χ3n) is 1.98. The molecule has 0 N–H and O–H groups in total. The number of carbonyl (C=O) groups excluding carboxylic acids is 1. The summed E-state index contributed by atoms with van der Waals surface area (Å²) >= 11 is 0. The van der Waals surface area contributed by atoms with Crippen LogP contribution in [0.2, 0.25) is 0 Å². The molecule has 1 heterocycles. The zero-order chi connectivity index (χ0) is 11.6. The van der Waals surface area contributed by atoms with E-state index in [0.29, 0.717) is 18.8 Å². The molecule has 4 nitrogen and oxygen atoms in total. The quantitative estimate of drug-likeness (QED) is 0.705. The second-order valence-corrected chi connectivity index (χ2v) is 6.65. The van der Waals surface area contributed by atoms with Crippen LogP contribution in [0.25, 0.3) is 0 Å². The number of halogens is 1. The Labute approximate surface area is 96.9 Å². The molecule has 1 saturated heterocycles. The molecule has 88 valence electrons. The van der Waals surface area contributed by atoms with Crippen molar-refractivity contribution >= 4 is 26.8 Å². The second-order valence-electron chi connectivity index (χ2n) is 4.71. The molecule has 0 bridgehead atoms. The standard InChI is InChI=1S/C9H16ClNO3S/c1-9(2,3)14-8(12)11-4-7(5-11)6-15(10)13/h7H,4-6H2,1-3H3. The lowest BCUT2D eigenvalue weighted by molar-refractivity contribution is 0.00207. The minimum atomic E-state index is -1.30. The summed E-state index contributed by atoms with van der Waals surface area (Å²) in [5, 5.41) is 0. The number of likely N-dealkylation sites (tertiary alicyclic amines) is 1. The van der Waals surface area contributed by atoms with Crippen molar-refractivity contribution < 1.29 is 13.7 Å². The van der Waals surface area contributed by atoms with E-state index in [2.05, 4.69) is 0 Å². The SMILES string of the molecule is CC(C)(C)OC(=O)N1CC(CS(=O)Cl)C1. The maximum Gasteiger partial charge on any atom is 0.410 e. The highest BCUT2D eigenvalue weighted by atomic mass is 35.7. The lowest BCUT2D eigenvalue weighted by Gasteiger charge is -2.39. The Kier molecular flexibility index (Phi) is 4.00. The number of hydrogen-bond donors (Lipinski definition) is 0. The lowest BCUT2D eigenvalue weighted by atomic mass is 10.0. The largest absolute Gasteiger partial charge is 0.444 e. The predicted octanol–water partition coefficient (Wildman–Crippen LogP) is 1.76. The van der Waals surface area contributed by atoms with E-state index in [1.807, 2.05) is 20.8 Å². The van der Waals surface area contributed by atoms with Crippen LogP contribution < -0.4 is 0 Å². The molecule has 0 aromatic carbocycles. The summed E-state index contributed by atoms with van der Waals surface area (Å²) in [5.41, 5.74) is -0.461. The summed E-state index contributed by atoms with van der Waals surface area (Å²) in [7, 11) is 4.06. The van der Waals surface area contributed by atoms with Crippen LogP contribution >= 0.6 is 10.7 Å². The highest BCUT2D eigenvalue weighted by molar-refractivity contribution is 8.08. The first-order chi connectivity index (χ1) is 6.78. The molecule has 1 unspecified atom stereocenters. The van der Waals surface area contributed by atoms with Crippen LogP contribution in [0.15, 0.2) is 0 Å². The van der Waals surface area contributed by atoms with Crippen LogP contribution in [0.1, 0.15) is 20.8 Å². The maximum atomic E-state index is 11.5. The van der Waals surface area contributed by atoms with Gasteiger partial charge in [-0.05, 0) is 31.5 Å². The first-order valence-electron chi connectivity index (χ1n) is 4.80. The fraction of sp³-hybridized carbons (Fsp3) is 0.889. The molecule has 6 heteroatoms. The van der Waals surface area contributed by atoms with Crippen molar-refractivity contribution in [3.8, 4) is 0 Å². The zero-order valence-corrected chi connectivity index (χ0v) is 10.7. The Hall–Kier alpha value is -0.290. The molecular formula is C9H16ClNO3S. The van der Waals surface area contributed by atoms with Crippen LogP contribution in [0.5, 0.6) is 0 Å². The molecule has 0 saturated carbocycles. The van der Waals surface area contributed by atoms with Gasteiger partial charge in [-0.25, -0.2) is 9.00 Å². The van der Waals surface area contributed by atoms with Gasteiger partial charge in [0, 0.05) is 24.8 Å². The van der Waals surface area contributed by atoms with Crippen molar-refractivity contribution in [1.82, 2.24) is 4.90 Å². The Morgan fingerprint density at radius 1 is 1.53 bits per heavy atom. The van der Waals surface area contributed by atoms with E-state index in [9.17, 15) is 9.00 Å². The normalized spacial score (nSPS) is 19.6. The Morgan fingerprint density at radius 2 is 2.07 bits per heavy atom. The molecular weight excluding hydrogens is 238 g/mol. The van der Waals surface area contributed by atoms with E-state index in [1.165, 1.54) is 0 Å². The Morgan fingerprint density at radius 3 is 2.47 bits per heavy atom. The van der Waals surface area contributed by atoms with Gasteiger partial charge in [0.15, 0.2) is 0 Å². The minimum Gasteiger partial charge on any atom is -0.444 e. The van der Waals surface area contributed by atoms with Crippen LogP contribution in [-0.2, 0) is 14.7 Å². The van der Waals surface area contributed by atoms with Gasteiger partial charge in [-0.1, -0.05) is 0 Å². The first-order valence-corrected chi connectivity index (χ1v) is 6.95. The van der Waals surface area contributed by atoms with Gasteiger partial charge in [0.05, 0.1) is 0 Å². The van der Waals surface area contributed by atoms with Gasteiger partial charge in [-0.3, -0.25) is 0 Å². The van der Waals surface area contributed by atoms with E-state index in [0.717, 1.165) is 0 Å². The summed E-state index contributed by atoms with van der Waals surface area (Å²) < 4.78 is 15.9. The van der Waals surface area contributed by atoms with Gasteiger partial charge >= 0.3 is 6.09 Å². The van der Waals surface area contributed by atoms with Gasteiger partial charge in [0.2, 0.25) is 0 Å². The number of amides is 1. The summed E-state index contributed by atoms with van der Waals surface area (Å²) in [6, 6.07) is 0. The highest BCUT2D eigenvalue weighted by Crippen LogP contribution is 2.20. The van der Waals surface area contributed by atoms with Crippen molar-refractivity contribution in [2.75, 3.05) is 18.8 Å². The number of carbonyl (C=O) groups is 1. The van der Waals surface area contributed by atoms with E-state index < -0.39 is 15.6 Å². The number of rotatable bonds is 2. The summed E-state index contributed by atoms with van der Waals surface area (Å²) in [6.07, 6.45) is -0.306. The molecule has 0 aromatic rings. The third-order valence-corrected chi connectivity index (χ3v) is 3.09. The average molecular weight is 254 g/mol. The topological polar surface area (TPSA) is 46.6 Å². The van der Waals surface area contributed by atoms with E-state index >= 15 is 0 Å². The second kappa shape index (κ2) is 4.70. The van der Waals surface area contributed by atoms with Gasteiger partial charge in [-0.2, -0.15) is 0 Å². The van der Waals surface area contributed by atoms with E-state index in [4.69, 9.17) is 15.4 Å². The van der Waals surface area contributed by atoms with Crippen molar-refractivity contribution in [3.05, 3.63) is 0 Å². The average Bonchev–Trinajstić information content (AvgIpc) is 1.91. The zero-order valence-electron chi connectivity index (χ0n) is 9.16. The smallest absolute Gasteiger partial charge is 0.410 e. The van der Waals surface area contributed by atoms with Crippen molar-refractivity contribution in [2.24, 2.45) is 5.92 Å². The molecule has 0 spiro atoms. The van der Waals surface area contributed by atoms with E-state index in [1.54, 1.807) is 4.90 Å². The Balaban J connectivity index is 2.27. The number of ether oxygens (including phenoxy) is 1. The van der Waals surface area contributed by atoms with Crippen molar-refractivity contribution in [3.63, 3.8) is 0 Å².